The summed E-state index contributed by atoms with van der Waals surface area (Å²) >= 11 is 0. The number of nitrogens with one attached hydrogen (secondary N) is 2. The van der Waals surface area contributed by atoms with Crippen LogP contribution in [-0.4, -0.2) is 24.1 Å². The van der Waals surface area contributed by atoms with E-state index in [-0.39, 0.29) is 0 Å². The molecule has 1 fully saturated rings. The molecule has 1 aliphatic heterocycles. The van der Waals surface area contributed by atoms with Gasteiger partial charge >= 0.3 is 0 Å². The van der Waals surface area contributed by atoms with Crippen LogP contribution in [0, 0.1) is 0 Å². The van der Waals surface area contributed by atoms with E-state index < -0.39 is 0 Å². The Morgan fingerprint density at radius 1 is 1.25 bits per heavy atom. The van der Waals surface area contributed by atoms with E-state index >= 15 is 0 Å². The summed E-state index contributed by atoms with van der Waals surface area (Å²) in [5.41, 5.74) is 2.76. The van der Waals surface area contributed by atoms with Gasteiger partial charge in [-0.05, 0) is 50.3 Å². The predicted molar refractivity (Wildman–Crippen MR) is 65.8 cm³/mol. The molecular weight excluding hydrogens is 198 g/mol. The van der Waals surface area contributed by atoms with E-state index in [1.165, 1.54) is 36.9 Å². The van der Waals surface area contributed by atoms with Crippen molar-refractivity contribution in [2.45, 2.75) is 38.1 Å². The van der Waals surface area contributed by atoms with Gasteiger partial charge in [0.25, 0.3) is 0 Å². The first-order valence-corrected chi connectivity index (χ1v) is 6.38. The lowest BCUT2D eigenvalue weighted by atomic mass is 10.1. The summed E-state index contributed by atoms with van der Waals surface area (Å²) < 4.78 is 0. The highest BCUT2D eigenvalue weighted by molar-refractivity contribution is 5.41. The smallest absolute Gasteiger partial charge is 0.126 e. The number of piperidine rings is 1. The van der Waals surface area contributed by atoms with Crippen LogP contribution in [0.5, 0.6) is 0 Å². The third-order valence-electron chi connectivity index (χ3n) is 3.58. The Balaban J connectivity index is 1.69. The molecule has 0 aromatic carbocycles. The summed E-state index contributed by atoms with van der Waals surface area (Å²) in [6.45, 7) is 2.23. The molecule has 2 N–H and O–H groups in total. The van der Waals surface area contributed by atoms with Crippen molar-refractivity contribution in [2.24, 2.45) is 0 Å². The number of rotatable bonds is 2. The number of hydrogen-bond donors (Lipinski definition) is 2. The monoisotopic (exact) mass is 217 g/mol. The summed E-state index contributed by atoms with van der Waals surface area (Å²) in [5, 5.41) is 6.95. The van der Waals surface area contributed by atoms with Crippen LogP contribution in [-0.2, 0) is 12.8 Å². The van der Waals surface area contributed by atoms with Crippen molar-refractivity contribution in [1.29, 1.82) is 0 Å². The SMILES string of the molecule is c1cc2c(nc1NC1CCCNC1)CCC2. The number of nitrogens with zero attached hydrogens (tertiary/aromatic N) is 1. The summed E-state index contributed by atoms with van der Waals surface area (Å²) in [7, 11) is 0. The largest absolute Gasteiger partial charge is 0.366 e. The highest BCUT2D eigenvalue weighted by atomic mass is 15.1. The Bertz CT molecular complexity index is 369. The predicted octanol–water partition coefficient (Wildman–Crippen LogP) is 1.73. The van der Waals surface area contributed by atoms with Crippen molar-refractivity contribution in [2.75, 3.05) is 18.4 Å². The number of aryl methyl sites for hydroxylation is 2. The molecule has 0 amide bonds. The maximum atomic E-state index is 4.71. The van der Waals surface area contributed by atoms with Gasteiger partial charge in [0.15, 0.2) is 0 Å². The zero-order valence-electron chi connectivity index (χ0n) is 9.63. The number of pyridine rings is 1. The standard InChI is InChI=1S/C13H19N3/c1-3-10-6-7-13(16-12(10)5-1)15-11-4-2-8-14-9-11/h6-7,11,14H,1-5,8-9H2,(H,15,16). The van der Waals surface area contributed by atoms with Crippen LogP contribution >= 0.6 is 0 Å². The topological polar surface area (TPSA) is 37.0 Å². The van der Waals surface area contributed by atoms with E-state index in [4.69, 9.17) is 4.98 Å². The van der Waals surface area contributed by atoms with Crippen molar-refractivity contribution in [3.8, 4) is 0 Å². The maximum absolute atomic E-state index is 4.71. The average molecular weight is 217 g/mol. The molecular formula is C13H19N3. The van der Waals surface area contributed by atoms with Gasteiger partial charge in [-0.1, -0.05) is 6.07 Å². The number of aromatic nitrogens is 1. The fraction of sp³-hybridized carbons (Fsp3) is 0.615. The zero-order chi connectivity index (χ0) is 10.8. The van der Waals surface area contributed by atoms with Crippen molar-refractivity contribution in [3.05, 3.63) is 23.4 Å². The summed E-state index contributed by atoms with van der Waals surface area (Å²) in [4.78, 5) is 4.71. The highest BCUT2D eigenvalue weighted by Gasteiger charge is 2.15. The number of hydrogen-bond acceptors (Lipinski definition) is 3. The van der Waals surface area contributed by atoms with Gasteiger partial charge in [-0.25, -0.2) is 4.98 Å². The lowest BCUT2D eigenvalue weighted by Gasteiger charge is -2.24. The van der Waals surface area contributed by atoms with E-state index in [9.17, 15) is 0 Å². The van der Waals surface area contributed by atoms with Crippen molar-refractivity contribution in [3.63, 3.8) is 0 Å². The van der Waals surface area contributed by atoms with Gasteiger partial charge in [-0.15, -0.1) is 0 Å². The fourth-order valence-corrected chi connectivity index (χ4v) is 2.69. The van der Waals surface area contributed by atoms with Crippen molar-refractivity contribution >= 4 is 5.82 Å². The Morgan fingerprint density at radius 3 is 3.12 bits per heavy atom. The molecule has 1 atom stereocenters. The van der Waals surface area contributed by atoms with Crippen LogP contribution in [0.25, 0.3) is 0 Å². The molecule has 1 aromatic rings. The van der Waals surface area contributed by atoms with Gasteiger partial charge in [0.1, 0.15) is 5.82 Å². The van der Waals surface area contributed by atoms with Gasteiger partial charge in [0, 0.05) is 18.3 Å². The molecule has 3 rings (SSSR count). The number of anilines is 1. The third kappa shape index (κ3) is 2.05. The Morgan fingerprint density at radius 2 is 2.25 bits per heavy atom. The summed E-state index contributed by atoms with van der Waals surface area (Å²) in [5.74, 6) is 1.06. The first-order chi connectivity index (χ1) is 7.92. The lowest BCUT2D eigenvalue weighted by molar-refractivity contribution is 0.479. The molecule has 2 aliphatic rings. The second kappa shape index (κ2) is 4.42. The Labute approximate surface area is 96.7 Å². The van der Waals surface area contributed by atoms with Crippen LogP contribution in [0.1, 0.15) is 30.5 Å². The molecule has 3 nitrogen and oxygen atoms in total. The second-order valence-corrected chi connectivity index (χ2v) is 4.84. The Hall–Kier alpha value is -1.09. The molecule has 1 saturated heterocycles. The van der Waals surface area contributed by atoms with Gasteiger partial charge < -0.3 is 10.6 Å². The van der Waals surface area contributed by atoms with Gasteiger partial charge in [0.2, 0.25) is 0 Å². The molecule has 86 valence electrons. The zero-order valence-corrected chi connectivity index (χ0v) is 9.63. The highest BCUT2D eigenvalue weighted by Crippen LogP contribution is 2.22. The molecule has 3 heteroatoms. The van der Waals surface area contributed by atoms with Gasteiger partial charge in [0.05, 0.1) is 0 Å². The first-order valence-electron chi connectivity index (χ1n) is 6.38. The molecule has 0 bridgehead atoms. The molecule has 1 unspecified atom stereocenters. The van der Waals surface area contributed by atoms with Gasteiger partial charge in [-0.3, -0.25) is 0 Å². The molecule has 1 aliphatic carbocycles. The van der Waals surface area contributed by atoms with Crippen LogP contribution in [0.15, 0.2) is 12.1 Å². The quantitative estimate of drug-likeness (QED) is 0.792. The van der Waals surface area contributed by atoms with Crippen LogP contribution in [0.2, 0.25) is 0 Å². The van der Waals surface area contributed by atoms with Crippen LogP contribution in [0.3, 0.4) is 0 Å². The minimum atomic E-state index is 0.556. The molecule has 0 spiro atoms. The van der Waals surface area contributed by atoms with E-state index in [1.807, 2.05) is 0 Å². The molecule has 16 heavy (non-hydrogen) atoms. The van der Waals surface area contributed by atoms with Crippen molar-refractivity contribution < 1.29 is 0 Å². The third-order valence-corrected chi connectivity index (χ3v) is 3.58. The minimum absolute atomic E-state index is 0.556. The van der Waals surface area contributed by atoms with Crippen molar-refractivity contribution in [1.82, 2.24) is 10.3 Å². The number of fused-ring (bicyclic) bond motifs is 1. The normalized spacial score (nSPS) is 24.1. The van der Waals surface area contributed by atoms with E-state index in [0.29, 0.717) is 6.04 Å². The molecule has 0 radical (unpaired) electrons. The van der Waals surface area contributed by atoms with Gasteiger partial charge in [-0.2, -0.15) is 0 Å². The first kappa shape index (κ1) is 10.1. The van der Waals surface area contributed by atoms with Crippen LogP contribution < -0.4 is 10.6 Å². The summed E-state index contributed by atoms with van der Waals surface area (Å²) in [6, 6.07) is 4.94. The molecule has 1 aromatic heterocycles. The average Bonchev–Trinajstić information content (AvgIpc) is 2.77. The minimum Gasteiger partial charge on any atom is -0.366 e. The lowest BCUT2D eigenvalue weighted by Crippen LogP contribution is -2.38. The fourth-order valence-electron chi connectivity index (χ4n) is 2.69. The molecule has 0 saturated carbocycles. The van der Waals surface area contributed by atoms with E-state index in [2.05, 4.69) is 22.8 Å². The molecule has 2 heterocycles. The second-order valence-electron chi connectivity index (χ2n) is 4.84. The van der Waals surface area contributed by atoms with Crippen LogP contribution in [0.4, 0.5) is 5.82 Å². The van der Waals surface area contributed by atoms with E-state index in [0.717, 1.165) is 25.3 Å². The maximum Gasteiger partial charge on any atom is 0.126 e. The Kier molecular flexibility index (Phi) is 2.79. The van der Waals surface area contributed by atoms with E-state index in [1.54, 1.807) is 0 Å². The summed E-state index contributed by atoms with van der Waals surface area (Å²) in [6.07, 6.45) is 6.17.